The van der Waals surface area contributed by atoms with Crippen LogP contribution in [0.2, 0.25) is 0 Å². The Labute approximate surface area is 147 Å². The molecule has 3 aromatic heterocycles. The van der Waals surface area contributed by atoms with Gasteiger partial charge in [-0.25, -0.2) is 9.48 Å². The lowest BCUT2D eigenvalue weighted by atomic mass is 10.2. The molecule has 0 radical (unpaired) electrons. The number of nitrogens with zero attached hydrogens (tertiary/aromatic N) is 4. The number of carbonyl (C=O) groups is 1. The van der Waals surface area contributed by atoms with E-state index < -0.39 is 0 Å². The van der Waals surface area contributed by atoms with Crippen molar-refractivity contribution in [2.75, 3.05) is 6.61 Å². The summed E-state index contributed by atoms with van der Waals surface area (Å²) in [6, 6.07) is 13.5. The second-order valence-electron chi connectivity index (χ2n) is 5.26. The zero-order valence-corrected chi connectivity index (χ0v) is 14.2. The lowest BCUT2D eigenvalue weighted by Gasteiger charge is -2.03. The Hall–Kier alpha value is -3.06. The van der Waals surface area contributed by atoms with Gasteiger partial charge in [0.25, 0.3) is 0 Å². The Morgan fingerprint density at radius 1 is 1.20 bits per heavy atom. The number of thiophene rings is 1. The monoisotopic (exact) mass is 350 g/mol. The summed E-state index contributed by atoms with van der Waals surface area (Å²) >= 11 is 1.35. The molecule has 0 fully saturated rings. The van der Waals surface area contributed by atoms with Crippen LogP contribution in [-0.2, 0) is 4.74 Å². The Balaban J connectivity index is 1.87. The smallest absolute Gasteiger partial charge is 0.350 e. The largest absolute Gasteiger partial charge is 0.462 e. The number of hydrogen-bond donors (Lipinski definition) is 0. The number of rotatable bonds is 4. The van der Waals surface area contributed by atoms with Crippen molar-refractivity contribution < 1.29 is 9.53 Å². The van der Waals surface area contributed by atoms with Gasteiger partial charge in [-0.15, -0.1) is 16.4 Å². The van der Waals surface area contributed by atoms with Crippen LogP contribution in [0, 0.1) is 0 Å². The maximum Gasteiger partial charge on any atom is 0.350 e. The number of hydrogen-bond acceptors (Lipinski definition) is 6. The molecule has 3 heterocycles. The molecule has 0 aliphatic heterocycles. The van der Waals surface area contributed by atoms with E-state index in [-0.39, 0.29) is 5.97 Å². The fraction of sp³-hybridized carbons (Fsp3) is 0.111. The third kappa shape index (κ3) is 2.78. The lowest BCUT2D eigenvalue weighted by Crippen LogP contribution is -2.07. The molecule has 4 aromatic rings. The molecule has 6 nitrogen and oxygen atoms in total. The molecule has 7 heteroatoms. The van der Waals surface area contributed by atoms with Gasteiger partial charge in [0, 0.05) is 11.8 Å². The van der Waals surface area contributed by atoms with Crippen LogP contribution in [-0.4, -0.2) is 32.6 Å². The van der Waals surface area contributed by atoms with E-state index in [4.69, 9.17) is 4.74 Å². The standard InChI is InChI=1S/C18H14N4O2S/c1-2-24-18(23)17-16(15-14(25-17)9-6-10-19-15)22-11-13(20-21-22)12-7-4-3-5-8-12/h3-11H,2H2,1H3. The Morgan fingerprint density at radius 2 is 2.04 bits per heavy atom. The zero-order valence-electron chi connectivity index (χ0n) is 13.4. The third-order valence-corrected chi connectivity index (χ3v) is 4.79. The van der Waals surface area contributed by atoms with Gasteiger partial charge in [0.1, 0.15) is 21.8 Å². The van der Waals surface area contributed by atoms with Crippen LogP contribution in [0.1, 0.15) is 16.6 Å². The number of pyridine rings is 1. The molecule has 0 amide bonds. The van der Waals surface area contributed by atoms with Crippen molar-refractivity contribution in [3.05, 3.63) is 59.7 Å². The average molecular weight is 350 g/mol. The quantitative estimate of drug-likeness (QED) is 0.525. The van der Waals surface area contributed by atoms with Crippen molar-refractivity contribution >= 4 is 27.5 Å². The summed E-state index contributed by atoms with van der Waals surface area (Å²) in [6.07, 6.45) is 3.50. The topological polar surface area (TPSA) is 69.9 Å². The van der Waals surface area contributed by atoms with E-state index in [0.29, 0.717) is 22.7 Å². The first-order valence-electron chi connectivity index (χ1n) is 7.80. The van der Waals surface area contributed by atoms with Gasteiger partial charge in [-0.2, -0.15) is 0 Å². The van der Waals surface area contributed by atoms with Crippen LogP contribution >= 0.6 is 11.3 Å². The SMILES string of the molecule is CCOC(=O)c1sc2cccnc2c1-n1cc(-c2ccccc2)nn1. The van der Waals surface area contributed by atoms with Gasteiger partial charge in [-0.1, -0.05) is 35.5 Å². The van der Waals surface area contributed by atoms with Crippen LogP contribution in [0.4, 0.5) is 0 Å². The second-order valence-corrected chi connectivity index (χ2v) is 6.32. The molecule has 124 valence electrons. The number of fused-ring (bicyclic) bond motifs is 1. The molecule has 0 atom stereocenters. The van der Waals surface area contributed by atoms with E-state index in [2.05, 4.69) is 15.3 Å². The summed E-state index contributed by atoms with van der Waals surface area (Å²) in [4.78, 5) is 17.3. The van der Waals surface area contributed by atoms with Crippen LogP contribution in [0.25, 0.3) is 27.2 Å². The van der Waals surface area contributed by atoms with Gasteiger partial charge in [0.15, 0.2) is 0 Å². The summed E-state index contributed by atoms with van der Waals surface area (Å²) in [5.74, 6) is -0.378. The molecule has 0 saturated heterocycles. The molecule has 0 bridgehead atoms. The van der Waals surface area contributed by atoms with Gasteiger partial charge >= 0.3 is 5.97 Å². The van der Waals surface area contributed by atoms with Crippen LogP contribution in [0.15, 0.2) is 54.9 Å². The molecule has 0 spiro atoms. The van der Waals surface area contributed by atoms with Gasteiger partial charge in [-0.3, -0.25) is 4.98 Å². The molecule has 1 aromatic carbocycles. The van der Waals surface area contributed by atoms with E-state index >= 15 is 0 Å². The van der Waals surface area contributed by atoms with E-state index in [1.54, 1.807) is 24.0 Å². The minimum Gasteiger partial charge on any atom is -0.462 e. The minimum absolute atomic E-state index is 0.312. The van der Waals surface area contributed by atoms with Crippen molar-refractivity contribution in [1.29, 1.82) is 0 Å². The first-order valence-corrected chi connectivity index (χ1v) is 8.62. The number of carbonyl (C=O) groups excluding carboxylic acids is 1. The highest BCUT2D eigenvalue weighted by Crippen LogP contribution is 2.33. The van der Waals surface area contributed by atoms with E-state index in [9.17, 15) is 4.79 Å². The lowest BCUT2D eigenvalue weighted by molar-refractivity contribution is 0.0532. The summed E-state index contributed by atoms with van der Waals surface area (Å²) in [5, 5.41) is 8.45. The average Bonchev–Trinajstić information content (AvgIpc) is 3.27. The maximum absolute atomic E-state index is 12.4. The van der Waals surface area contributed by atoms with Gasteiger partial charge < -0.3 is 4.74 Å². The molecule has 25 heavy (non-hydrogen) atoms. The summed E-state index contributed by atoms with van der Waals surface area (Å²) in [7, 11) is 0. The molecular formula is C18H14N4O2S. The Morgan fingerprint density at radius 3 is 2.84 bits per heavy atom. The van der Waals surface area contributed by atoms with Crippen LogP contribution in [0.5, 0.6) is 0 Å². The maximum atomic E-state index is 12.4. The van der Waals surface area contributed by atoms with Crippen LogP contribution < -0.4 is 0 Å². The van der Waals surface area contributed by atoms with Gasteiger partial charge in [0.2, 0.25) is 0 Å². The fourth-order valence-electron chi connectivity index (χ4n) is 2.58. The first-order chi connectivity index (χ1) is 12.3. The normalized spacial score (nSPS) is 10.9. The number of benzene rings is 1. The summed E-state index contributed by atoms with van der Waals surface area (Å²) in [6.45, 7) is 2.10. The third-order valence-electron chi connectivity index (χ3n) is 3.67. The van der Waals surface area contributed by atoms with Crippen molar-refractivity contribution in [2.24, 2.45) is 0 Å². The van der Waals surface area contributed by atoms with E-state index in [1.165, 1.54) is 11.3 Å². The van der Waals surface area contributed by atoms with Crippen molar-refractivity contribution in [2.45, 2.75) is 6.92 Å². The predicted octanol–water partition coefficient (Wildman–Crippen LogP) is 3.72. The Kier molecular flexibility index (Phi) is 3.99. The highest BCUT2D eigenvalue weighted by Gasteiger charge is 2.23. The van der Waals surface area contributed by atoms with Gasteiger partial charge in [0.05, 0.1) is 17.5 Å². The van der Waals surface area contributed by atoms with Gasteiger partial charge in [-0.05, 0) is 19.1 Å². The molecule has 0 saturated carbocycles. The van der Waals surface area contributed by atoms with Crippen LogP contribution in [0.3, 0.4) is 0 Å². The van der Waals surface area contributed by atoms with E-state index in [1.807, 2.05) is 42.5 Å². The molecule has 0 unspecified atom stereocenters. The van der Waals surface area contributed by atoms with E-state index in [0.717, 1.165) is 16.0 Å². The first kappa shape index (κ1) is 15.5. The predicted molar refractivity (Wildman–Crippen MR) is 95.9 cm³/mol. The highest BCUT2D eigenvalue weighted by atomic mass is 32.1. The fourth-order valence-corrected chi connectivity index (χ4v) is 3.62. The Bertz CT molecular complexity index is 1040. The molecule has 0 N–H and O–H groups in total. The molecule has 4 rings (SSSR count). The van der Waals surface area contributed by atoms with Crippen molar-refractivity contribution in [1.82, 2.24) is 20.0 Å². The number of esters is 1. The summed E-state index contributed by atoms with van der Waals surface area (Å²) < 4.78 is 7.69. The molecule has 0 aliphatic rings. The summed E-state index contributed by atoms with van der Waals surface area (Å²) in [5.41, 5.74) is 3.00. The molecule has 0 aliphatic carbocycles. The van der Waals surface area contributed by atoms with Crippen molar-refractivity contribution in [3.63, 3.8) is 0 Å². The van der Waals surface area contributed by atoms with Crippen molar-refractivity contribution in [3.8, 4) is 16.9 Å². The zero-order chi connectivity index (χ0) is 17.2. The second kappa shape index (κ2) is 6.45. The number of aromatic nitrogens is 4. The minimum atomic E-state index is -0.378. The highest BCUT2D eigenvalue weighted by molar-refractivity contribution is 7.21. The number of ether oxygens (including phenoxy) is 1. The molecular weight excluding hydrogens is 336 g/mol.